The van der Waals surface area contributed by atoms with Gasteiger partial charge in [0.05, 0.1) is 11.1 Å². The lowest BCUT2D eigenvalue weighted by Crippen LogP contribution is -2.31. The average molecular weight is 419 g/mol. The first-order chi connectivity index (χ1) is 15.1. The Balaban J connectivity index is 1.59. The number of hydrogen-bond donors (Lipinski definition) is 1. The normalized spacial score (nSPS) is 11.1. The van der Waals surface area contributed by atoms with Gasteiger partial charge in [-0.3, -0.25) is 5.32 Å². The van der Waals surface area contributed by atoms with Crippen LogP contribution < -0.4 is 5.32 Å². The monoisotopic (exact) mass is 419 g/mol. The molecule has 1 amide bonds. The first kappa shape index (κ1) is 21.6. The van der Waals surface area contributed by atoms with E-state index in [1.54, 1.807) is 84.9 Å². The number of hydrogen-bond acceptors (Lipinski definition) is 6. The maximum absolute atomic E-state index is 12.4. The highest BCUT2D eigenvalue weighted by Crippen LogP contribution is 2.09. The van der Waals surface area contributed by atoms with E-state index in [0.717, 1.165) is 0 Å². The molecule has 0 aliphatic rings. The zero-order valence-corrected chi connectivity index (χ0v) is 16.6. The number of amides is 1. The molecule has 0 fully saturated rings. The Morgan fingerprint density at radius 2 is 1.13 bits per heavy atom. The van der Waals surface area contributed by atoms with Gasteiger partial charge in [-0.15, -0.1) is 0 Å². The van der Waals surface area contributed by atoms with E-state index in [1.807, 2.05) is 6.07 Å². The van der Waals surface area contributed by atoms with Crippen LogP contribution in [0.1, 0.15) is 20.7 Å². The summed E-state index contributed by atoms with van der Waals surface area (Å²) in [4.78, 5) is 36.6. The van der Waals surface area contributed by atoms with E-state index in [9.17, 15) is 14.4 Å². The van der Waals surface area contributed by atoms with Gasteiger partial charge in [0.1, 0.15) is 13.2 Å². The molecular formula is C24H21NO6. The highest BCUT2D eigenvalue weighted by Gasteiger charge is 2.21. The minimum absolute atomic E-state index is 0.273. The Hall–Kier alpha value is -4.13. The maximum Gasteiger partial charge on any atom is 0.411 e. The molecule has 3 aromatic rings. The van der Waals surface area contributed by atoms with Gasteiger partial charge in [-0.05, 0) is 36.4 Å². The van der Waals surface area contributed by atoms with Crippen LogP contribution in [-0.4, -0.2) is 37.3 Å². The number of carbonyl (C=O) groups excluding carboxylic acids is 3. The highest BCUT2D eigenvalue weighted by molar-refractivity contribution is 5.90. The average Bonchev–Trinajstić information content (AvgIpc) is 2.82. The number of esters is 2. The molecule has 1 N–H and O–H groups in total. The van der Waals surface area contributed by atoms with Crippen molar-refractivity contribution in [1.29, 1.82) is 0 Å². The third kappa shape index (κ3) is 7.01. The van der Waals surface area contributed by atoms with E-state index in [2.05, 4.69) is 5.32 Å². The van der Waals surface area contributed by atoms with E-state index >= 15 is 0 Å². The zero-order valence-electron chi connectivity index (χ0n) is 16.6. The summed E-state index contributed by atoms with van der Waals surface area (Å²) in [5, 5.41) is 2.56. The van der Waals surface area contributed by atoms with E-state index in [0.29, 0.717) is 16.8 Å². The molecule has 158 valence electrons. The number of para-hydroxylation sites is 1. The van der Waals surface area contributed by atoms with Crippen molar-refractivity contribution in [2.24, 2.45) is 0 Å². The predicted molar refractivity (Wildman–Crippen MR) is 114 cm³/mol. The van der Waals surface area contributed by atoms with E-state index in [4.69, 9.17) is 14.2 Å². The number of anilines is 1. The lowest BCUT2D eigenvalue weighted by atomic mass is 10.2. The molecule has 7 heteroatoms. The van der Waals surface area contributed by atoms with Gasteiger partial charge in [-0.1, -0.05) is 54.6 Å². The van der Waals surface area contributed by atoms with Crippen LogP contribution in [0.15, 0.2) is 91.0 Å². The van der Waals surface area contributed by atoms with Crippen molar-refractivity contribution in [3.8, 4) is 0 Å². The second-order valence-corrected chi connectivity index (χ2v) is 6.45. The van der Waals surface area contributed by atoms with E-state index < -0.39 is 24.1 Å². The van der Waals surface area contributed by atoms with Crippen molar-refractivity contribution >= 4 is 23.7 Å². The van der Waals surface area contributed by atoms with Crippen molar-refractivity contribution in [1.82, 2.24) is 0 Å². The van der Waals surface area contributed by atoms with E-state index in [1.165, 1.54) is 0 Å². The smallest absolute Gasteiger partial charge is 0.411 e. The van der Waals surface area contributed by atoms with Crippen LogP contribution in [0.5, 0.6) is 0 Å². The molecule has 0 aromatic heterocycles. The molecular weight excluding hydrogens is 398 g/mol. The lowest BCUT2D eigenvalue weighted by Gasteiger charge is -2.18. The summed E-state index contributed by atoms with van der Waals surface area (Å²) in [5.41, 5.74) is 1.25. The molecule has 0 spiro atoms. The quantitative estimate of drug-likeness (QED) is 0.432. The number of rotatable bonds is 8. The van der Waals surface area contributed by atoms with Gasteiger partial charge >= 0.3 is 18.0 Å². The summed E-state index contributed by atoms with van der Waals surface area (Å²) in [6, 6.07) is 25.5. The first-order valence-electron chi connectivity index (χ1n) is 9.59. The topological polar surface area (TPSA) is 90.9 Å². The van der Waals surface area contributed by atoms with Crippen LogP contribution in [0.2, 0.25) is 0 Å². The molecule has 0 aliphatic heterocycles. The number of ether oxygens (including phenoxy) is 3. The molecule has 0 saturated carbocycles. The van der Waals surface area contributed by atoms with Crippen molar-refractivity contribution < 1.29 is 28.6 Å². The van der Waals surface area contributed by atoms with Gasteiger partial charge in [0, 0.05) is 5.69 Å². The Kier molecular flexibility index (Phi) is 7.77. The van der Waals surface area contributed by atoms with Crippen LogP contribution >= 0.6 is 0 Å². The second kappa shape index (κ2) is 11.2. The Morgan fingerprint density at radius 1 is 0.645 bits per heavy atom. The van der Waals surface area contributed by atoms with Gasteiger partial charge in [-0.2, -0.15) is 0 Å². The third-order valence-electron chi connectivity index (χ3n) is 4.11. The molecule has 7 nitrogen and oxygen atoms in total. The number of carbonyl (C=O) groups is 3. The molecule has 31 heavy (non-hydrogen) atoms. The van der Waals surface area contributed by atoms with Gasteiger partial charge in [0.2, 0.25) is 0 Å². The summed E-state index contributed by atoms with van der Waals surface area (Å²) in [6.07, 6.45) is -1.71. The molecule has 0 aliphatic carbocycles. The Labute approximate surface area is 179 Å². The fourth-order valence-corrected chi connectivity index (χ4v) is 2.58. The maximum atomic E-state index is 12.4. The standard InChI is InChI=1S/C24H21NO6/c26-22(18-10-4-1-5-11-18)29-16-21(31-23(27)19-12-6-2-7-13-19)17-30-24(28)25-20-14-8-3-9-15-20/h1-15,21H,16-17H2,(H,25,28). The fraction of sp³-hybridized carbons (Fsp3) is 0.125. The molecule has 3 aromatic carbocycles. The third-order valence-corrected chi connectivity index (χ3v) is 4.11. The van der Waals surface area contributed by atoms with E-state index in [-0.39, 0.29) is 13.2 Å². The van der Waals surface area contributed by atoms with Crippen molar-refractivity contribution in [2.45, 2.75) is 6.10 Å². The van der Waals surface area contributed by atoms with Crippen molar-refractivity contribution in [3.05, 3.63) is 102 Å². The lowest BCUT2D eigenvalue weighted by molar-refractivity contribution is -0.0188. The van der Waals surface area contributed by atoms with Gasteiger partial charge in [0.25, 0.3) is 0 Å². The van der Waals surface area contributed by atoms with Crippen molar-refractivity contribution in [2.75, 3.05) is 18.5 Å². The summed E-state index contributed by atoms with van der Waals surface area (Å²) < 4.78 is 15.8. The van der Waals surface area contributed by atoms with Crippen LogP contribution in [0.4, 0.5) is 10.5 Å². The molecule has 0 radical (unpaired) electrons. The number of benzene rings is 3. The zero-order chi connectivity index (χ0) is 21.9. The van der Waals surface area contributed by atoms with Crippen LogP contribution in [0.25, 0.3) is 0 Å². The highest BCUT2D eigenvalue weighted by atomic mass is 16.6. The van der Waals surface area contributed by atoms with Gasteiger partial charge in [-0.25, -0.2) is 14.4 Å². The van der Waals surface area contributed by atoms with Gasteiger partial charge in [0.15, 0.2) is 6.10 Å². The van der Waals surface area contributed by atoms with Crippen LogP contribution in [0, 0.1) is 0 Å². The largest absolute Gasteiger partial charge is 0.458 e. The predicted octanol–water partition coefficient (Wildman–Crippen LogP) is 4.32. The second-order valence-electron chi connectivity index (χ2n) is 6.45. The molecule has 1 unspecified atom stereocenters. The molecule has 1 atom stereocenters. The summed E-state index contributed by atoms with van der Waals surface area (Å²) in [5.74, 6) is -1.19. The first-order valence-corrected chi connectivity index (χ1v) is 9.59. The minimum atomic E-state index is -0.984. The van der Waals surface area contributed by atoms with Crippen molar-refractivity contribution in [3.63, 3.8) is 0 Å². The Morgan fingerprint density at radius 3 is 1.71 bits per heavy atom. The fourth-order valence-electron chi connectivity index (χ4n) is 2.58. The van der Waals surface area contributed by atoms with Crippen LogP contribution in [-0.2, 0) is 14.2 Å². The van der Waals surface area contributed by atoms with Gasteiger partial charge < -0.3 is 14.2 Å². The summed E-state index contributed by atoms with van der Waals surface area (Å²) in [6.45, 7) is -0.565. The molecule has 0 heterocycles. The summed E-state index contributed by atoms with van der Waals surface area (Å²) in [7, 11) is 0. The Bertz CT molecular complexity index is 992. The molecule has 0 saturated heterocycles. The molecule has 0 bridgehead atoms. The molecule has 3 rings (SSSR count). The van der Waals surface area contributed by atoms with Crippen LogP contribution in [0.3, 0.4) is 0 Å². The SMILES string of the molecule is O=C(Nc1ccccc1)OCC(COC(=O)c1ccccc1)OC(=O)c1ccccc1. The number of nitrogens with one attached hydrogen (secondary N) is 1. The minimum Gasteiger partial charge on any atom is -0.458 e. The summed E-state index contributed by atoms with van der Waals surface area (Å²) >= 11 is 0.